The van der Waals surface area contributed by atoms with Crippen LogP contribution in [0.1, 0.15) is 5.56 Å². The molecule has 8 heteroatoms. The lowest BCUT2D eigenvalue weighted by atomic mass is 10.2. The van der Waals surface area contributed by atoms with E-state index in [2.05, 4.69) is 6.58 Å². The third kappa shape index (κ3) is 4.96. The monoisotopic (exact) mass is 415 g/mol. The van der Waals surface area contributed by atoms with E-state index in [1.165, 1.54) is 23.8 Å². The Morgan fingerprint density at radius 1 is 1.03 bits per heavy atom. The Labute approximate surface area is 171 Å². The summed E-state index contributed by atoms with van der Waals surface area (Å²) >= 11 is 0. The molecule has 0 unspecified atom stereocenters. The lowest BCUT2D eigenvalue weighted by Crippen LogP contribution is -2.18. The van der Waals surface area contributed by atoms with Crippen LogP contribution in [0.2, 0.25) is 0 Å². The number of hydrogen-bond acceptors (Lipinski definition) is 5. The minimum atomic E-state index is -0.817. The van der Waals surface area contributed by atoms with Gasteiger partial charge in [-0.15, -0.1) is 0 Å². The maximum atomic E-state index is 13.6. The van der Waals surface area contributed by atoms with Gasteiger partial charge in [-0.1, -0.05) is 6.58 Å². The number of aliphatic hydroxyl groups excluding tert-OH is 1. The van der Waals surface area contributed by atoms with Crippen LogP contribution in [0.3, 0.4) is 0 Å². The number of aromatic nitrogens is 1. The highest BCUT2D eigenvalue weighted by atomic mass is 19.1. The van der Waals surface area contributed by atoms with E-state index in [0.29, 0.717) is 22.7 Å². The summed E-state index contributed by atoms with van der Waals surface area (Å²) in [6, 6.07) is 10.9. The molecule has 1 N–H and O–H groups in total. The molecule has 2 aromatic carbocycles. The highest BCUT2D eigenvalue weighted by Crippen LogP contribution is 2.29. The van der Waals surface area contributed by atoms with E-state index >= 15 is 0 Å². The number of nitrogens with zero attached hydrogens (tertiary/aromatic N) is 1. The second-order valence-electron chi connectivity index (χ2n) is 6.30. The molecule has 1 heterocycles. The highest BCUT2D eigenvalue weighted by Gasteiger charge is 2.10. The summed E-state index contributed by atoms with van der Waals surface area (Å²) in [7, 11) is 1.46. The van der Waals surface area contributed by atoms with E-state index in [9.17, 15) is 13.6 Å². The first-order chi connectivity index (χ1) is 14.4. The van der Waals surface area contributed by atoms with Gasteiger partial charge in [0.1, 0.15) is 24.8 Å². The van der Waals surface area contributed by atoms with Gasteiger partial charge in [0, 0.05) is 24.4 Å². The molecule has 0 aliphatic heterocycles. The predicted octanol–water partition coefficient (Wildman–Crippen LogP) is 4.15. The molecule has 0 saturated carbocycles. The van der Waals surface area contributed by atoms with Crippen LogP contribution >= 0.6 is 0 Å². The molecule has 156 valence electrons. The first-order valence-electron chi connectivity index (χ1n) is 8.85. The molecule has 6 nitrogen and oxygen atoms in total. The summed E-state index contributed by atoms with van der Waals surface area (Å²) in [5.41, 5.74) is 0.715. The Morgan fingerprint density at radius 2 is 1.80 bits per heavy atom. The molecule has 0 fully saturated rings. The number of aliphatic hydroxyl groups is 1. The molecule has 0 radical (unpaired) electrons. The molecule has 0 saturated heterocycles. The van der Waals surface area contributed by atoms with E-state index in [1.54, 1.807) is 30.5 Å². The van der Waals surface area contributed by atoms with Gasteiger partial charge in [0.05, 0.1) is 12.8 Å². The average Bonchev–Trinajstić information content (AvgIpc) is 2.71. The molecule has 0 aliphatic carbocycles. The van der Waals surface area contributed by atoms with Crippen LogP contribution < -0.4 is 19.8 Å². The van der Waals surface area contributed by atoms with Gasteiger partial charge in [-0.3, -0.25) is 9.36 Å². The fourth-order valence-electron chi connectivity index (χ4n) is 2.66. The zero-order chi connectivity index (χ0) is 21.7. The van der Waals surface area contributed by atoms with Gasteiger partial charge < -0.3 is 19.3 Å². The van der Waals surface area contributed by atoms with Crippen LogP contribution in [0.5, 0.6) is 17.2 Å². The number of halogens is 2. The molecule has 3 aromatic rings. The number of hydrogen-bond donors (Lipinski definition) is 1. The second-order valence-corrected chi connectivity index (χ2v) is 6.30. The predicted molar refractivity (Wildman–Crippen MR) is 107 cm³/mol. The van der Waals surface area contributed by atoms with E-state index in [4.69, 9.17) is 19.3 Å². The van der Waals surface area contributed by atoms with Crippen molar-refractivity contribution in [3.63, 3.8) is 0 Å². The molecular formula is C22H19F2NO5. The highest BCUT2D eigenvalue weighted by molar-refractivity contribution is 5.49. The van der Waals surface area contributed by atoms with E-state index < -0.39 is 11.6 Å². The van der Waals surface area contributed by atoms with Crippen LogP contribution in [0.4, 0.5) is 8.78 Å². The molecule has 0 amide bonds. The SMILES string of the molecule is C=C(O)COc1ccc(-n2ccc(COc3ccc(F)cc3F)cc2=O)cc1OC. The van der Waals surface area contributed by atoms with Crippen molar-refractivity contribution in [3.05, 3.63) is 94.6 Å². The third-order valence-electron chi connectivity index (χ3n) is 4.09. The van der Waals surface area contributed by atoms with Crippen LogP contribution in [0.25, 0.3) is 5.69 Å². The summed E-state index contributed by atoms with van der Waals surface area (Å²) in [6.07, 6.45) is 1.55. The summed E-state index contributed by atoms with van der Waals surface area (Å²) in [6.45, 7) is 3.21. The largest absolute Gasteiger partial charge is 0.509 e. The molecule has 3 rings (SSSR count). The van der Waals surface area contributed by atoms with Gasteiger partial charge in [0.15, 0.2) is 23.1 Å². The smallest absolute Gasteiger partial charge is 0.255 e. The van der Waals surface area contributed by atoms with Gasteiger partial charge in [-0.05, 0) is 35.9 Å². The van der Waals surface area contributed by atoms with Crippen LogP contribution in [-0.2, 0) is 6.61 Å². The second kappa shape index (κ2) is 9.13. The quantitative estimate of drug-likeness (QED) is 0.560. The molecule has 0 bridgehead atoms. The molecule has 0 atom stereocenters. The van der Waals surface area contributed by atoms with Crippen molar-refractivity contribution in [1.82, 2.24) is 4.57 Å². The van der Waals surface area contributed by atoms with Crippen molar-refractivity contribution in [2.24, 2.45) is 0 Å². The molecule has 30 heavy (non-hydrogen) atoms. The Kier molecular flexibility index (Phi) is 6.36. The Morgan fingerprint density at radius 3 is 2.47 bits per heavy atom. The lowest BCUT2D eigenvalue weighted by Gasteiger charge is -2.13. The summed E-state index contributed by atoms with van der Waals surface area (Å²) in [5, 5.41) is 9.16. The maximum Gasteiger partial charge on any atom is 0.255 e. The normalized spacial score (nSPS) is 10.5. The van der Waals surface area contributed by atoms with Crippen molar-refractivity contribution in [2.45, 2.75) is 6.61 Å². The molecule has 0 spiro atoms. The van der Waals surface area contributed by atoms with Crippen molar-refractivity contribution in [2.75, 3.05) is 13.7 Å². The number of methoxy groups -OCH3 is 1. The summed E-state index contributed by atoms with van der Waals surface area (Å²) in [5.74, 6) is -0.990. The first-order valence-corrected chi connectivity index (χ1v) is 8.85. The number of ether oxygens (including phenoxy) is 3. The van der Waals surface area contributed by atoms with E-state index in [0.717, 1.165) is 12.1 Å². The summed E-state index contributed by atoms with van der Waals surface area (Å²) < 4.78 is 44.0. The fourth-order valence-corrected chi connectivity index (χ4v) is 2.66. The average molecular weight is 415 g/mol. The van der Waals surface area contributed by atoms with Gasteiger partial charge in [0.25, 0.3) is 5.56 Å². The zero-order valence-electron chi connectivity index (χ0n) is 16.1. The molecule has 1 aromatic heterocycles. The van der Waals surface area contributed by atoms with Gasteiger partial charge in [-0.2, -0.15) is 0 Å². The minimum Gasteiger partial charge on any atom is -0.509 e. The Bertz CT molecular complexity index is 1130. The number of rotatable bonds is 8. The Hall–Kier alpha value is -3.81. The molecule has 0 aliphatic rings. The van der Waals surface area contributed by atoms with Gasteiger partial charge in [0.2, 0.25) is 0 Å². The van der Waals surface area contributed by atoms with E-state index in [1.807, 2.05) is 0 Å². The fraction of sp³-hybridized carbons (Fsp3) is 0.136. The van der Waals surface area contributed by atoms with Crippen LogP contribution in [0, 0.1) is 11.6 Å². The van der Waals surface area contributed by atoms with Crippen molar-refractivity contribution in [3.8, 4) is 22.9 Å². The number of pyridine rings is 1. The Balaban J connectivity index is 1.77. The lowest BCUT2D eigenvalue weighted by molar-refractivity contribution is 0.261. The number of benzene rings is 2. The van der Waals surface area contributed by atoms with Crippen molar-refractivity contribution < 1.29 is 28.1 Å². The van der Waals surface area contributed by atoms with Crippen LogP contribution in [0.15, 0.2) is 71.9 Å². The minimum absolute atomic E-state index is 0.0558. The van der Waals surface area contributed by atoms with Gasteiger partial charge >= 0.3 is 0 Å². The molecular weight excluding hydrogens is 396 g/mol. The first kappa shape index (κ1) is 20.9. The third-order valence-corrected chi connectivity index (χ3v) is 4.09. The van der Waals surface area contributed by atoms with Crippen molar-refractivity contribution in [1.29, 1.82) is 0 Å². The van der Waals surface area contributed by atoms with Gasteiger partial charge in [-0.25, -0.2) is 8.78 Å². The van der Waals surface area contributed by atoms with E-state index in [-0.39, 0.29) is 30.3 Å². The zero-order valence-corrected chi connectivity index (χ0v) is 16.1. The maximum absolute atomic E-state index is 13.6. The topological polar surface area (TPSA) is 69.9 Å². The summed E-state index contributed by atoms with van der Waals surface area (Å²) in [4.78, 5) is 12.5. The van der Waals surface area contributed by atoms with Crippen LogP contribution in [-0.4, -0.2) is 23.4 Å². The van der Waals surface area contributed by atoms with Crippen molar-refractivity contribution >= 4 is 0 Å². The standard InChI is InChI=1S/C22H19F2NO5/c1-14(26)12-29-20-6-4-17(11-21(20)28-2)25-8-7-15(9-22(25)27)13-30-19-5-3-16(23)10-18(19)24/h3-11,26H,1,12-13H2,2H3.